The van der Waals surface area contributed by atoms with Crippen molar-refractivity contribution in [2.45, 2.75) is 191 Å². The van der Waals surface area contributed by atoms with E-state index in [2.05, 4.69) is 38.8 Å². The summed E-state index contributed by atoms with van der Waals surface area (Å²) in [6.45, 7) is 25.0. The number of hydrogen-bond acceptors (Lipinski definition) is 25. The molecule has 0 atom stereocenters. The van der Waals surface area contributed by atoms with Gasteiger partial charge in [0.2, 0.25) is 50.1 Å². The first kappa shape index (κ1) is 96.5. The van der Waals surface area contributed by atoms with Crippen LogP contribution in [-0.4, -0.2) is 305 Å². The normalized spacial score (nSPS) is 22.3. The van der Waals surface area contributed by atoms with Crippen LogP contribution < -0.4 is 5.32 Å². The first-order valence-corrected chi connectivity index (χ1v) is 50.0. The Hall–Kier alpha value is -6.61. The molecule has 0 aromatic heterocycles. The van der Waals surface area contributed by atoms with Crippen LogP contribution in [0.1, 0.15) is 183 Å². The Bertz CT molecular complexity index is 5180. The number of ketones is 5. The molecular weight excluding hydrogens is 1710 g/mol. The van der Waals surface area contributed by atoms with E-state index in [1.54, 1.807) is 57.1 Å². The van der Waals surface area contributed by atoms with Gasteiger partial charge in [-0.3, -0.25) is 24.0 Å². The Balaban J connectivity index is 0.000000141. The van der Waals surface area contributed by atoms with Crippen LogP contribution in [0.4, 0.5) is 13.2 Å². The van der Waals surface area contributed by atoms with Crippen molar-refractivity contribution in [1.82, 2.24) is 46.4 Å². The predicted octanol–water partition coefficient (Wildman–Crippen LogP) is 9.20. The Labute approximate surface area is 727 Å². The highest BCUT2D eigenvalue weighted by Gasteiger charge is 2.56. The van der Waals surface area contributed by atoms with Crippen LogP contribution in [0.3, 0.4) is 0 Å². The minimum Gasteiger partial charge on any atom is -0.358 e. The number of alkyl halides is 3. The van der Waals surface area contributed by atoms with E-state index in [0.717, 1.165) is 109 Å². The molecule has 10 aliphatic heterocycles. The second-order valence-corrected chi connectivity index (χ2v) is 42.8. The summed E-state index contributed by atoms with van der Waals surface area (Å²) >= 11 is 0. The van der Waals surface area contributed by atoms with Gasteiger partial charge in [-0.2, -0.15) is 34.7 Å². The summed E-state index contributed by atoms with van der Waals surface area (Å²) in [5.74, 6) is -1.46. The van der Waals surface area contributed by atoms with Gasteiger partial charge in [0.25, 0.3) is 5.78 Å². The molecule has 11 fully saturated rings. The Morgan fingerprint density at radius 2 is 0.613 bits per heavy atom. The molecular formula is C86H117F3N10O20S5. The fourth-order valence-electron chi connectivity index (χ4n) is 17.9. The average Bonchev–Trinajstić information content (AvgIpc) is 1.54. The molecule has 124 heavy (non-hydrogen) atoms. The lowest BCUT2D eigenvalue weighted by Gasteiger charge is -2.43. The van der Waals surface area contributed by atoms with Crippen LogP contribution in [-0.2, 0) is 73.8 Å². The molecule has 5 spiro atoms. The topological polar surface area (TPSA) is 343 Å². The SMILES string of the molecule is CC(=O)c1ccc(S(=O)(=O)N2CCOC23CCN(C)CC3)cc1.CC(=O)c1ccc(S(=O)(=O)N2CCOC23CCN(CC2CC2)CC3)cc1.CCCCN1CCC2(CC1)OCCN2S(=O)(=O)c1ccc(C(C)=O)cc1.CCN1CCC2(CC1)OCCN2S(=O)(=O)c1ccc(C(C)=O)cc1.O=C(c1ccc(S(=O)(=O)N2CCOC23CCNCC3)cc1)C(F)(F)F. The highest BCUT2D eigenvalue weighted by molar-refractivity contribution is 7.90. The fraction of sp³-hybridized carbons (Fsp3) is 0.593. The van der Waals surface area contributed by atoms with Gasteiger partial charge in [0.05, 0.1) is 57.5 Å². The zero-order chi connectivity index (χ0) is 89.5. The largest absolute Gasteiger partial charge is 0.454 e. The van der Waals surface area contributed by atoms with Crippen LogP contribution in [0.2, 0.25) is 0 Å². The second-order valence-electron chi connectivity index (χ2n) is 33.5. The molecule has 0 amide bonds. The monoisotopic (exact) mass is 1830 g/mol. The molecule has 682 valence electrons. The minimum atomic E-state index is -5.00. The van der Waals surface area contributed by atoms with Crippen LogP contribution in [0.5, 0.6) is 0 Å². The van der Waals surface area contributed by atoms with Gasteiger partial charge in [0, 0.05) is 184 Å². The van der Waals surface area contributed by atoms with Gasteiger partial charge in [0.15, 0.2) is 23.1 Å². The van der Waals surface area contributed by atoms with E-state index in [0.29, 0.717) is 152 Å². The highest BCUT2D eigenvalue weighted by Crippen LogP contribution is 2.45. The number of piperidine rings is 5. The number of unbranched alkanes of at least 4 members (excludes halogenated alkanes) is 1. The van der Waals surface area contributed by atoms with E-state index in [1.807, 2.05) is 7.05 Å². The van der Waals surface area contributed by atoms with Gasteiger partial charge in [-0.1, -0.05) is 68.8 Å². The van der Waals surface area contributed by atoms with Crippen molar-refractivity contribution in [3.05, 3.63) is 149 Å². The van der Waals surface area contributed by atoms with Gasteiger partial charge in [0.1, 0.15) is 28.6 Å². The molecule has 0 radical (unpaired) electrons. The van der Waals surface area contributed by atoms with Crippen molar-refractivity contribution in [3.8, 4) is 0 Å². The molecule has 5 aromatic rings. The van der Waals surface area contributed by atoms with E-state index in [4.69, 9.17) is 23.7 Å². The quantitative estimate of drug-likeness (QED) is 0.0668. The molecule has 16 rings (SSSR count). The van der Waals surface area contributed by atoms with E-state index in [9.17, 15) is 79.2 Å². The molecule has 1 saturated carbocycles. The first-order chi connectivity index (χ1) is 58.7. The number of carbonyl (C=O) groups excluding carboxylic acids is 5. The lowest BCUT2D eigenvalue weighted by Crippen LogP contribution is -2.55. The molecule has 38 heteroatoms. The summed E-state index contributed by atoms with van der Waals surface area (Å²) in [4.78, 5) is 66.8. The van der Waals surface area contributed by atoms with Crippen LogP contribution in [0.25, 0.3) is 0 Å². The van der Waals surface area contributed by atoms with E-state index >= 15 is 0 Å². The number of likely N-dealkylation sites (tertiary alicyclic amines) is 4. The third kappa shape index (κ3) is 21.4. The predicted molar refractivity (Wildman–Crippen MR) is 455 cm³/mol. The standard InChI is InChI=1S/C19H26N2O4S.C19H28N2O4S.C17H24N2O4S.C16H22N2O4S.C15H17F3N2O4S/c1-15(22)17-4-6-18(7-5-17)26(23,24)21-12-13-25-19(21)8-10-20(11-9-19)14-16-2-3-16;1-3-4-11-20-12-9-19(10-13-20)21(14-15-25-19)26(23,24)18-7-5-17(6-8-18)16(2)22;1-3-18-10-8-17(9-11-18)19(12-13-23-17)24(21,22)16-6-4-15(5-7-16)14(2)20;1-13(19)14-3-5-15(6-4-14)23(20,21)18-11-12-22-16(18)7-9-17(2)10-8-16;16-15(17,18)13(21)11-1-3-12(4-2-11)25(22,23)20-9-10-24-14(20)5-7-19-8-6-14/h4-7,16H,2-3,8-14H2,1H3;5-8H,3-4,9-15H2,1-2H3;4-7H,3,8-13H2,1-2H3;3-6H,7-12H2,1-2H3;1-4,19H,5-10H2. The number of hydrogen-bond donors (Lipinski definition) is 1. The Kier molecular flexibility index (Phi) is 30.9. The lowest BCUT2D eigenvalue weighted by atomic mass is 10.0. The molecule has 10 heterocycles. The van der Waals surface area contributed by atoms with Crippen molar-refractivity contribution in [3.63, 3.8) is 0 Å². The van der Waals surface area contributed by atoms with Crippen molar-refractivity contribution >= 4 is 79.0 Å². The van der Waals surface area contributed by atoms with Gasteiger partial charge in [-0.05, 0) is 159 Å². The third-order valence-electron chi connectivity index (χ3n) is 25.5. The smallest absolute Gasteiger partial charge is 0.358 e. The third-order valence-corrected chi connectivity index (χ3v) is 35.3. The maximum Gasteiger partial charge on any atom is 0.454 e. The number of rotatable bonds is 21. The average molecular weight is 1830 g/mol. The maximum atomic E-state index is 13.2. The first-order valence-electron chi connectivity index (χ1n) is 42.8. The molecule has 0 bridgehead atoms. The number of halogens is 3. The number of ether oxygens (including phenoxy) is 5. The zero-order valence-electron chi connectivity index (χ0n) is 71.7. The van der Waals surface area contributed by atoms with Crippen molar-refractivity contribution in [1.29, 1.82) is 0 Å². The molecule has 1 N–H and O–H groups in total. The summed E-state index contributed by atoms with van der Waals surface area (Å²) < 4.78 is 205. The minimum absolute atomic E-state index is 0.0713. The molecule has 30 nitrogen and oxygen atoms in total. The van der Waals surface area contributed by atoms with Gasteiger partial charge in [-0.25, -0.2) is 42.1 Å². The van der Waals surface area contributed by atoms with E-state index in [1.165, 1.54) is 108 Å². The number of Topliss-reactive ketones (excluding diaryl/α,β-unsaturated/α-hetero) is 5. The van der Waals surface area contributed by atoms with Gasteiger partial charge in [-0.15, -0.1) is 0 Å². The lowest BCUT2D eigenvalue weighted by molar-refractivity contribution is -0.0911. The summed E-state index contributed by atoms with van der Waals surface area (Å²) in [6, 6.07) is 28.5. The van der Waals surface area contributed by atoms with E-state index < -0.39 is 96.3 Å². The molecule has 10 saturated heterocycles. The second kappa shape index (κ2) is 39.8. The number of nitrogens with zero attached hydrogens (tertiary/aromatic N) is 9. The van der Waals surface area contributed by atoms with Crippen LogP contribution in [0, 0.1) is 5.92 Å². The Morgan fingerprint density at radius 1 is 0.363 bits per heavy atom. The summed E-state index contributed by atoms with van der Waals surface area (Å²) in [5.41, 5.74) is -2.32. The number of carbonyl (C=O) groups is 5. The summed E-state index contributed by atoms with van der Waals surface area (Å²) in [6.07, 6.45) is 6.52. The number of benzene rings is 5. The summed E-state index contributed by atoms with van der Waals surface area (Å²) in [5, 5.41) is 3.14. The van der Waals surface area contributed by atoms with Gasteiger partial charge >= 0.3 is 6.18 Å². The Morgan fingerprint density at radius 3 is 0.863 bits per heavy atom. The van der Waals surface area contributed by atoms with Gasteiger partial charge < -0.3 is 48.6 Å². The van der Waals surface area contributed by atoms with E-state index in [-0.39, 0.29) is 60.8 Å². The fourth-order valence-corrected chi connectivity index (χ4v) is 26.5. The van der Waals surface area contributed by atoms with Crippen molar-refractivity contribution < 1.29 is 103 Å². The number of sulfonamides is 5. The van der Waals surface area contributed by atoms with Crippen LogP contribution in [0.15, 0.2) is 146 Å². The van der Waals surface area contributed by atoms with Crippen molar-refractivity contribution in [2.75, 3.05) is 158 Å². The molecule has 11 aliphatic rings. The maximum absolute atomic E-state index is 13.2. The molecule has 5 aromatic carbocycles. The van der Waals surface area contributed by atoms with Crippen molar-refractivity contribution in [2.24, 2.45) is 5.92 Å². The molecule has 0 unspecified atom stereocenters. The summed E-state index contributed by atoms with van der Waals surface area (Å²) in [7, 11) is -16.5. The number of nitrogens with one attached hydrogen (secondary N) is 1. The van der Waals surface area contributed by atoms with Crippen LogP contribution >= 0.6 is 0 Å². The zero-order valence-corrected chi connectivity index (χ0v) is 75.7. The molecule has 1 aliphatic carbocycles. The highest BCUT2D eigenvalue weighted by atomic mass is 32.2.